The summed E-state index contributed by atoms with van der Waals surface area (Å²) in [5.41, 5.74) is 2.91. The first kappa shape index (κ1) is 20.7. The monoisotopic (exact) mass is 436 g/mol. The van der Waals surface area contributed by atoms with Crippen LogP contribution >= 0.6 is 23.2 Å². The first-order valence-electron chi connectivity index (χ1n) is 10.6. The molecule has 29 heavy (non-hydrogen) atoms. The lowest BCUT2D eigenvalue weighted by Gasteiger charge is -2.24. The Morgan fingerprint density at radius 2 is 1.79 bits per heavy atom. The highest BCUT2D eigenvalue weighted by Crippen LogP contribution is 2.36. The molecule has 0 aliphatic heterocycles. The molecule has 2 saturated carbocycles. The van der Waals surface area contributed by atoms with Crippen molar-refractivity contribution in [3.63, 3.8) is 0 Å². The van der Waals surface area contributed by atoms with Crippen LogP contribution in [0.4, 0.5) is 4.39 Å². The van der Waals surface area contributed by atoms with Gasteiger partial charge in [-0.2, -0.15) is 0 Å². The van der Waals surface area contributed by atoms with Gasteiger partial charge < -0.3 is 9.88 Å². The van der Waals surface area contributed by atoms with Gasteiger partial charge in [-0.15, -0.1) is 0 Å². The molecule has 0 radical (unpaired) electrons. The summed E-state index contributed by atoms with van der Waals surface area (Å²) >= 11 is 12.3. The van der Waals surface area contributed by atoms with Crippen LogP contribution in [0.1, 0.15) is 61.0 Å². The highest BCUT2D eigenvalue weighted by molar-refractivity contribution is 6.36. The van der Waals surface area contributed by atoms with Crippen molar-refractivity contribution in [1.29, 1.82) is 0 Å². The van der Waals surface area contributed by atoms with E-state index in [0.29, 0.717) is 28.0 Å². The highest BCUT2D eigenvalue weighted by Gasteiger charge is 2.26. The van der Waals surface area contributed by atoms with Crippen molar-refractivity contribution in [3.8, 4) is 11.3 Å². The van der Waals surface area contributed by atoms with Gasteiger partial charge in [0.1, 0.15) is 5.82 Å². The molecule has 1 amide bonds. The molecule has 2 aliphatic carbocycles. The normalized spacial score (nSPS) is 17.5. The Morgan fingerprint density at radius 3 is 2.48 bits per heavy atom. The molecule has 1 N–H and O–H groups in total. The first-order chi connectivity index (χ1) is 13.9. The van der Waals surface area contributed by atoms with Gasteiger partial charge in [-0.25, -0.2) is 4.39 Å². The fourth-order valence-electron chi connectivity index (χ4n) is 4.33. The van der Waals surface area contributed by atoms with Crippen LogP contribution < -0.4 is 5.32 Å². The summed E-state index contributed by atoms with van der Waals surface area (Å²) in [5.74, 6) is 0.604. The average molecular weight is 437 g/mol. The van der Waals surface area contributed by atoms with Gasteiger partial charge in [-0.3, -0.25) is 4.79 Å². The van der Waals surface area contributed by atoms with E-state index in [2.05, 4.69) is 9.88 Å². The van der Waals surface area contributed by atoms with Crippen LogP contribution in [0.2, 0.25) is 10.0 Å². The number of nitrogens with zero attached hydrogens (tertiary/aromatic N) is 1. The number of halogens is 3. The minimum Gasteiger partial charge on any atom is -0.352 e. The van der Waals surface area contributed by atoms with E-state index < -0.39 is 5.82 Å². The summed E-state index contributed by atoms with van der Waals surface area (Å²) < 4.78 is 16.4. The molecule has 2 aliphatic rings. The van der Waals surface area contributed by atoms with E-state index in [1.54, 1.807) is 0 Å². The number of aromatic nitrogens is 1. The van der Waals surface area contributed by atoms with Crippen molar-refractivity contribution in [2.75, 3.05) is 6.54 Å². The van der Waals surface area contributed by atoms with E-state index >= 15 is 0 Å². The van der Waals surface area contributed by atoms with E-state index in [1.165, 1.54) is 57.1 Å². The van der Waals surface area contributed by atoms with Gasteiger partial charge in [0.2, 0.25) is 0 Å². The standard InChI is InChI=1S/C23H27Cl2FN2O/c1-14-17(23(29)27-12-15-7-8-15)10-22(18-9-21(26)20(25)11-19(18)24)28(14)13-16-5-3-2-4-6-16/h9-11,15-16H,2-8,12-13H2,1H3,(H,27,29). The van der Waals surface area contributed by atoms with Crippen LogP contribution in [-0.2, 0) is 6.54 Å². The lowest BCUT2D eigenvalue weighted by atomic mass is 9.89. The molecule has 156 valence electrons. The summed E-state index contributed by atoms with van der Waals surface area (Å²) in [6, 6.07) is 4.67. The number of carbonyl (C=O) groups is 1. The quantitative estimate of drug-likeness (QED) is 0.506. The highest BCUT2D eigenvalue weighted by atomic mass is 35.5. The Kier molecular flexibility index (Phi) is 6.21. The van der Waals surface area contributed by atoms with E-state index in [-0.39, 0.29) is 10.9 Å². The molecule has 0 saturated heterocycles. The van der Waals surface area contributed by atoms with Crippen molar-refractivity contribution < 1.29 is 9.18 Å². The van der Waals surface area contributed by atoms with Crippen molar-refractivity contribution in [1.82, 2.24) is 9.88 Å². The smallest absolute Gasteiger partial charge is 0.253 e. The van der Waals surface area contributed by atoms with Crippen LogP contribution in [0.15, 0.2) is 18.2 Å². The number of nitrogens with one attached hydrogen (secondary N) is 1. The largest absolute Gasteiger partial charge is 0.352 e. The summed E-state index contributed by atoms with van der Waals surface area (Å²) in [6.45, 7) is 3.51. The minimum absolute atomic E-state index is 0.00302. The van der Waals surface area contributed by atoms with E-state index in [9.17, 15) is 9.18 Å². The molecule has 0 unspecified atom stereocenters. The molecule has 0 bridgehead atoms. The number of hydrogen-bond donors (Lipinski definition) is 1. The summed E-state index contributed by atoms with van der Waals surface area (Å²) in [6.07, 6.45) is 8.51. The molecule has 6 heteroatoms. The maximum Gasteiger partial charge on any atom is 0.253 e. The topological polar surface area (TPSA) is 34.0 Å². The molecule has 4 rings (SSSR count). The van der Waals surface area contributed by atoms with E-state index in [0.717, 1.165) is 24.5 Å². The van der Waals surface area contributed by atoms with Crippen LogP contribution in [0, 0.1) is 24.6 Å². The predicted molar refractivity (Wildman–Crippen MR) is 116 cm³/mol. The zero-order chi connectivity index (χ0) is 20.5. The van der Waals surface area contributed by atoms with Gasteiger partial charge in [0, 0.05) is 24.3 Å². The molecule has 2 aromatic rings. The second-order valence-electron chi connectivity index (χ2n) is 8.54. The average Bonchev–Trinajstić information content (AvgIpc) is 3.48. The summed E-state index contributed by atoms with van der Waals surface area (Å²) in [5, 5.41) is 3.45. The lowest BCUT2D eigenvalue weighted by molar-refractivity contribution is 0.0951. The molecule has 3 nitrogen and oxygen atoms in total. The molecule has 1 aromatic heterocycles. The van der Waals surface area contributed by atoms with E-state index in [4.69, 9.17) is 23.2 Å². The van der Waals surface area contributed by atoms with Crippen molar-refractivity contribution in [2.45, 2.75) is 58.4 Å². The lowest BCUT2D eigenvalue weighted by Crippen LogP contribution is -2.26. The number of rotatable bonds is 6. The Balaban J connectivity index is 1.71. The van der Waals surface area contributed by atoms with Crippen LogP contribution in [0.25, 0.3) is 11.3 Å². The Labute approximate surface area is 181 Å². The van der Waals surface area contributed by atoms with Crippen LogP contribution in [0.5, 0.6) is 0 Å². The zero-order valence-corrected chi connectivity index (χ0v) is 18.3. The van der Waals surface area contributed by atoms with E-state index in [1.807, 2.05) is 13.0 Å². The first-order valence-corrected chi connectivity index (χ1v) is 11.3. The number of carbonyl (C=O) groups excluding carboxylic acids is 1. The van der Waals surface area contributed by atoms with Crippen LogP contribution in [0.3, 0.4) is 0 Å². The molecule has 0 spiro atoms. The Hall–Kier alpha value is -1.52. The molecular weight excluding hydrogens is 410 g/mol. The third kappa shape index (κ3) is 4.64. The fourth-order valence-corrected chi connectivity index (χ4v) is 4.81. The SMILES string of the molecule is Cc1c(C(=O)NCC2CC2)cc(-c2cc(F)c(Cl)cc2Cl)n1CC1CCCCC1. The fraction of sp³-hybridized carbons (Fsp3) is 0.522. The maximum atomic E-state index is 14.2. The van der Waals surface area contributed by atoms with Crippen LogP contribution in [-0.4, -0.2) is 17.0 Å². The summed E-state index contributed by atoms with van der Waals surface area (Å²) in [4.78, 5) is 12.8. The van der Waals surface area contributed by atoms with Gasteiger partial charge in [0.15, 0.2) is 0 Å². The summed E-state index contributed by atoms with van der Waals surface area (Å²) in [7, 11) is 0. The molecule has 1 heterocycles. The van der Waals surface area contributed by atoms with Gasteiger partial charge >= 0.3 is 0 Å². The van der Waals surface area contributed by atoms with Gasteiger partial charge in [-0.1, -0.05) is 42.5 Å². The van der Waals surface area contributed by atoms with Crippen molar-refractivity contribution >= 4 is 29.1 Å². The van der Waals surface area contributed by atoms with Gasteiger partial charge in [0.05, 0.1) is 21.3 Å². The Morgan fingerprint density at radius 1 is 1.07 bits per heavy atom. The van der Waals surface area contributed by atoms with Crippen molar-refractivity contribution in [2.24, 2.45) is 11.8 Å². The molecule has 2 fully saturated rings. The molecule has 1 aromatic carbocycles. The number of hydrogen-bond acceptors (Lipinski definition) is 1. The third-order valence-corrected chi connectivity index (χ3v) is 6.91. The van der Waals surface area contributed by atoms with Gasteiger partial charge in [0.25, 0.3) is 5.91 Å². The predicted octanol–water partition coefficient (Wildman–Crippen LogP) is 6.63. The van der Waals surface area contributed by atoms with Gasteiger partial charge in [-0.05, 0) is 62.6 Å². The maximum absolute atomic E-state index is 14.2. The number of benzene rings is 1. The zero-order valence-electron chi connectivity index (χ0n) is 16.7. The number of amides is 1. The molecular formula is C23H27Cl2FN2O. The molecule has 0 atom stereocenters. The Bertz CT molecular complexity index is 914. The second kappa shape index (κ2) is 8.69. The third-order valence-electron chi connectivity index (χ3n) is 6.31. The minimum atomic E-state index is -0.506. The second-order valence-corrected chi connectivity index (χ2v) is 9.36. The van der Waals surface area contributed by atoms with Crippen molar-refractivity contribution in [3.05, 3.63) is 45.3 Å².